The number of aryl methyl sites for hydroxylation is 1. The fraction of sp³-hybridized carbons (Fsp3) is 0.188. The van der Waals surface area contributed by atoms with E-state index in [0.29, 0.717) is 23.6 Å². The number of ether oxygens (including phenoxy) is 1. The Morgan fingerprint density at radius 2 is 2.00 bits per heavy atom. The Kier molecular flexibility index (Phi) is 4.35. The summed E-state index contributed by atoms with van der Waals surface area (Å²) in [6.45, 7) is 4.14. The van der Waals surface area contributed by atoms with Crippen LogP contribution < -0.4 is 10.1 Å². The van der Waals surface area contributed by atoms with Crippen molar-refractivity contribution >= 4 is 11.6 Å². The molecule has 1 amide bonds. The second-order valence-corrected chi connectivity index (χ2v) is 4.34. The number of nitrogens with one attached hydrogen (secondary N) is 1. The molecule has 3 nitrogen and oxygen atoms in total. The lowest BCUT2D eigenvalue weighted by molar-refractivity contribution is 0.102. The summed E-state index contributed by atoms with van der Waals surface area (Å²) in [5.74, 6) is -0.187. The van der Waals surface area contributed by atoms with Gasteiger partial charge in [-0.2, -0.15) is 0 Å². The van der Waals surface area contributed by atoms with Gasteiger partial charge in [0.2, 0.25) is 0 Å². The molecule has 104 valence electrons. The average molecular weight is 273 g/mol. The highest BCUT2D eigenvalue weighted by atomic mass is 19.1. The zero-order valence-electron chi connectivity index (χ0n) is 11.4. The van der Waals surface area contributed by atoms with Gasteiger partial charge in [0.25, 0.3) is 5.91 Å². The van der Waals surface area contributed by atoms with Gasteiger partial charge in [-0.05, 0) is 43.7 Å². The van der Waals surface area contributed by atoms with Crippen LogP contribution in [0, 0.1) is 12.7 Å². The van der Waals surface area contributed by atoms with E-state index in [9.17, 15) is 9.18 Å². The van der Waals surface area contributed by atoms with Crippen LogP contribution in [-0.4, -0.2) is 12.5 Å². The second-order valence-electron chi connectivity index (χ2n) is 4.34. The molecule has 0 saturated heterocycles. The third-order valence-corrected chi connectivity index (χ3v) is 2.88. The zero-order chi connectivity index (χ0) is 14.5. The first-order chi connectivity index (χ1) is 9.61. The smallest absolute Gasteiger partial charge is 0.259 e. The Bertz CT molecular complexity index is 626. The van der Waals surface area contributed by atoms with Crippen molar-refractivity contribution in [2.45, 2.75) is 13.8 Å². The summed E-state index contributed by atoms with van der Waals surface area (Å²) >= 11 is 0. The van der Waals surface area contributed by atoms with Gasteiger partial charge in [0.15, 0.2) is 0 Å². The van der Waals surface area contributed by atoms with Gasteiger partial charge in [0.1, 0.15) is 11.6 Å². The van der Waals surface area contributed by atoms with E-state index in [1.807, 2.05) is 13.8 Å². The van der Waals surface area contributed by atoms with E-state index in [1.165, 1.54) is 12.1 Å². The predicted octanol–water partition coefficient (Wildman–Crippen LogP) is 3.79. The first-order valence-corrected chi connectivity index (χ1v) is 6.41. The van der Waals surface area contributed by atoms with Crippen LogP contribution in [0.1, 0.15) is 22.8 Å². The average Bonchev–Trinajstić information content (AvgIpc) is 2.44. The molecule has 1 N–H and O–H groups in total. The minimum Gasteiger partial charge on any atom is -0.493 e. The Labute approximate surface area is 117 Å². The number of carbonyl (C=O) groups excluding carboxylic acids is 1. The van der Waals surface area contributed by atoms with Gasteiger partial charge in [-0.25, -0.2) is 4.39 Å². The van der Waals surface area contributed by atoms with Crippen molar-refractivity contribution in [3.05, 3.63) is 59.4 Å². The van der Waals surface area contributed by atoms with Crippen LogP contribution in [-0.2, 0) is 0 Å². The summed E-state index contributed by atoms with van der Waals surface area (Å²) in [6.07, 6.45) is 0. The molecule has 0 aliphatic rings. The highest BCUT2D eigenvalue weighted by molar-refractivity contribution is 6.06. The molecule has 0 fully saturated rings. The maximum Gasteiger partial charge on any atom is 0.259 e. The van der Waals surface area contributed by atoms with E-state index in [2.05, 4.69) is 5.32 Å². The number of hydrogen-bond acceptors (Lipinski definition) is 2. The van der Waals surface area contributed by atoms with Crippen molar-refractivity contribution in [2.24, 2.45) is 0 Å². The molecule has 4 heteroatoms. The number of para-hydroxylation sites is 1. The van der Waals surface area contributed by atoms with E-state index in [1.54, 1.807) is 30.3 Å². The predicted molar refractivity (Wildman–Crippen MR) is 76.7 cm³/mol. The molecule has 2 rings (SSSR count). The molecule has 0 radical (unpaired) electrons. The van der Waals surface area contributed by atoms with Crippen LogP contribution in [0.4, 0.5) is 10.1 Å². The van der Waals surface area contributed by atoms with Crippen molar-refractivity contribution in [2.75, 3.05) is 11.9 Å². The number of carbonyl (C=O) groups is 1. The Morgan fingerprint density at radius 1 is 1.25 bits per heavy atom. The number of anilines is 1. The molecule has 0 aliphatic heterocycles. The number of benzene rings is 2. The first-order valence-electron chi connectivity index (χ1n) is 6.41. The topological polar surface area (TPSA) is 38.3 Å². The molecule has 0 aromatic heterocycles. The van der Waals surface area contributed by atoms with Crippen LogP contribution in [0.2, 0.25) is 0 Å². The molecular formula is C16H16FNO2. The summed E-state index contributed by atoms with van der Waals surface area (Å²) in [4.78, 5) is 12.3. The zero-order valence-corrected chi connectivity index (χ0v) is 11.4. The number of amides is 1. The Morgan fingerprint density at radius 3 is 2.75 bits per heavy atom. The minimum absolute atomic E-state index is 0.317. The molecule has 2 aromatic rings. The standard InChI is InChI=1S/C16H16FNO2/c1-3-20-15-7-5-4-6-13(15)16(19)18-14-10-12(17)9-8-11(14)2/h4-10H,3H2,1-2H3,(H,18,19). The van der Waals surface area contributed by atoms with E-state index in [0.717, 1.165) is 5.56 Å². The van der Waals surface area contributed by atoms with Gasteiger partial charge in [-0.3, -0.25) is 4.79 Å². The molecule has 20 heavy (non-hydrogen) atoms. The van der Waals surface area contributed by atoms with Crippen LogP contribution in [0.3, 0.4) is 0 Å². The van der Waals surface area contributed by atoms with Crippen molar-refractivity contribution in [1.29, 1.82) is 0 Å². The molecule has 0 saturated carbocycles. The maximum absolute atomic E-state index is 13.2. The van der Waals surface area contributed by atoms with Crippen LogP contribution >= 0.6 is 0 Å². The molecule has 0 unspecified atom stereocenters. The van der Waals surface area contributed by atoms with Gasteiger partial charge in [0.05, 0.1) is 12.2 Å². The van der Waals surface area contributed by atoms with Crippen molar-refractivity contribution < 1.29 is 13.9 Å². The van der Waals surface area contributed by atoms with Crippen molar-refractivity contribution in [3.8, 4) is 5.75 Å². The lowest BCUT2D eigenvalue weighted by Crippen LogP contribution is -2.14. The van der Waals surface area contributed by atoms with Gasteiger partial charge in [-0.1, -0.05) is 18.2 Å². The third-order valence-electron chi connectivity index (χ3n) is 2.88. The minimum atomic E-state index is -0.385. The van der Waals surface area contributed by atoms with Crippen molar-refractivity contribution in [3.63, 3.8) is 0 Å². The van der Waals surface area contributed by atoms with Crippen molar-refractivity contribution in [1.82, 2.24) is 0 Å². The SMILES string of the molecule is CCOc1ccccc1C(=O)Nc1cc(F)ccc1C. The van der Waals surface area contributed by atoms with Gasteiger partial charge in [0, 0.05) is 5.69 Å². The number of rotatable bonds is 4. The largest absolute Gasteiger partial charge is 0.493 e. The van der Waals surface area contributed by atoms with E-state index >= 15 is 0 Å². The molecule has 0 bridgehead atoms. The molecule has 0 spiro atoms. The molecular weight excluding hydrogens is 257 g/mol. The van der Waals surface area contributed by atoms with Crippen LogP contribution in [0.25, 0.3) is 0 Å². The lowest BCUT2D eigenvalue weighted by atomic mass is 10.1. The molecule has 0 heterocycles. The Hall–Kier alpha value is -2.36. The quantitative estimate of drug-likeness (QED) is 0.920. The third kappa shape index (κ3) is 3.15. The number of halogens is 1. The summed E-state index contributed by atoms with van der Waals surface area (Å²) in [6, 6.07) is 11.3. The summed E-state index contributed by atoms with van der Waals surface area (Å²) in [5.41, 5.74) is 1.69. The van der Waals surface area contributed by atoms with E-state index < -0.39 is 0 Å². The molecule has 0 atom stereocenters. The lowest BCUT2D eigenvalue weighted by Gasteiger charge is -2.12. The van der Waals surface area contributed by atoms with Gasteiger partial charge in [-0.15, -0.1) is 0 Å². The van der Waals surface area contributed by atoms with Crippen LogP contribution in [0.5, 0.6) is 5.75 Å². The monoisotopic (exact) mass is 273 g/mol. The summed E-state index contributed by atoms with van der Waals surface area (Å²) in [5, 5.41) is 2.71. The Balaban J connectivity index is 2.26. The van der Waals surface area contributed by atoms with E-state index in [4.69, 9.17) is 4.74 Å². The fourth-order valence-electron chi connectivity index (χ4n) is 1.85. The highest BCUT2D eigenvalue weighted by Crippen LogP contribution is 2.21. The number of hydrogen-bond donors (Lipinski definition) is 1. The summed E-state index contributed by atoms with van der Waals surface area (Å²) < 4.78 is 18.6. The second kappa shape index (κ2) is 6.19. The van der Waals surface area contributed by atoms with Gasteiger partial charge < -0.3 is 10.1 Å². The summed E-state index contributed by atoms with van der Waals surface area (Å²) in [7, 11) is 0. The highest BCUT2D eigenvalue weighted by Gasteiger charge is 2.13. The van der Waals surface area contributed by atoms with E-state index in [-0.39, 0.29) is 11.7 Å². The maximum atomic E-state index is 13.2. The fourth-order valence-corrected chi connectivity index (χ4v) is 1.85. The van der Waals surface area contributed by atoms with Gasteiger partial charge >= 0.3 is 0 Å². The normalized spacial score (nSPS) is 10.2. The van der Waals surface area contributed by atoms with Crippen LogP contribution in [0.15, 0.2) is 42.5 Å². The molecule has 2 aromatic carbocycles. The molecule has 0 aliphatic carbocycles. The first kappa shape index (κ1) is 14.1.